The molecule has 1 N–H and O–H groups in total. The lowest BCUT2D eigenvalue weighted by molar-refractivity contribution is 0.111. The van der Waals surface area contributed by atoms with Gasteiger partial charge in [0, 0.05) is 19.6 Å². The highest BCUT2D eigenvalue weighted by Crippen LogP contribution is 2.35. The summed E-state index contributed by atoms with van der Waals surface area (Å²) in [5.74, 6) is 0.806. The quantitative estimate of drug-likeness (QED) is 0.789. The summed E-state index contributed by atoms with van der Waals surface area (Å²) in [5.41, 5.74) is -0.225. The van der Waals surface area contributed by atoms with E-state index in [1.54, 1.807) is 0 Å². The van der Waals surface area contributed by atoms with Crippen molar-refractivity contribution >= 4 is 0 Å². The molecular weight excluding hydrogens is 198 g/mol. The van der Waals surface area contributed by atoms with Gasteiger partial charge in [-0.05, 0) is 32.2 Å². The van der Waals surface area contributed by atoms with Crippen molar-refractivity contribution in [1.82, 2.24) is 10.2 Å². The zero-order valence-electron chi connectivity index (χ0n) is 10.3. The maximum Gasteiger partial charge on any atom is 0.106 e. The van der Waals surface area contributed by atoms with Crippen LogP contribution in [-0.2, 0) is 0 Å². The van der Waals surface area contributed by atoms with Crippen LogP contribution in [0.25, 0.3) is 0 Å². The largest absolute Gasteiger partial charge is 0.315 e. The summed E-state index contributed by atoms with van der Waals surface area (Å²) in [6.07, 6.45) is 6.28. The van der Waals surface area contributed by atoms with Gasteiger partial charge < -0.3 is 5.32 Å². The highest BCUT2D eigenvalue weighted by molar-refractivity contribution is 5.07. The Hall–Kier alpha value is -0.590. The van der Waals surface area contributed by atoms with E-state index in [4.69, 9.17) is 0 Å². The number of rotatable bonds is 3. The van der Waals surface area contributed by atoms with Crippen LogP contribution in [0.3, 0.4) is 0 Å². The van der Waals surface area contributed by atoms with Gasteiger partial charge in [0.15, 0.2) is 0 Å². The highest BCUT2D eigenvalue weighted by atomic mass is 15.2. The zero-order valence-corrected chi connectivity index (χ0v) is 10.3. The first-order valence-corrected chi connectivity index (χ1v) is 6.62. The first-order valence-electron chi connectivity index (χ1n) is 6.62. The van der Waals surface area contributed by atoms with Crippen LogP contribution in [0.5, 0.6) is 0 Å². The molecule has 1 unspecified atom stereocenters. The SMILES string of the molecule is CC(C#N)(CC1CCC1)N1CCCNCC1. The summed E-state index contributed by atoms with van der Waals surface area (Å²) in [5, 5.41) is 12.9. The second-order valence-electron chi connectivity index (χ2n) is 5.48. The van der Waals surface area contributed by atoms with Gasteiger partial charge in [-0.2, -0.15) is 5.26 Å². The van der Waals surface area contributed by atoms with Gasteiger partial charge in [0.2, 0.25) is 0 Å². The van der Waals surface area contributed by atoms with Crippen LogP contribution < -0.4 is 5.32 Å². The molecular formula is C13H23N3. The highest BCUT2D eigenvalue weighted by Gasteiger charge is 2.36. The molecule has 1 heterocycles. The minimum absolute atomic E-state index is 0.225. The summed E-state index contributed by atoms with van der Waals surface area (Å²) < 4.78 is 0. The van der Waals surface area contributed by atoms with Crippen molar-refractivity contribution in [2.24, 2.45) is 5.92 Å². The van der Waals surface area contributed by atoms with Crippen molar-refractivity contribution in [2.75, 3.05) is 26.2 Å². The van der Waals surface area contributed by atoms with Crippen molar-refractivity contribution < 1.29 is 0 Å². The van der Waals surface area contributed by atoms with Gasteiger partial charge in [-0.25, -0.2) is 0 Å². The smallest absolute Gasteiger partial charge is 0.106 e. The predicted octanol–water partition coefficient (Wildman–Crippen LogP) is 1.75. The van der Waals surface area contributed by atoms with Gasteiger partial charge in [-0.1, -0.05) is 19.3 Å². The molecule has 3 nitrogen and oxygen atoms in total. The number of nitrogens with one attached hydrogen (secondary N) is 1. The Labute approximate surface area is 98.8 Å². The third-order valence-electron chi connectivity index (χ3n) is 4.19. The summed E-state index contributed by atoms with van der Waals surface area (Å²) in [7, 11) is 0. The molecule has 1 saturated heterocycles. The van der Waals surface area contributed by atoms with E-state index in [2.05, 4.69) is 23.2 Å². The molecule has 0 aromatic heterocycles. The number of nitrogens with zero attached hydrogens (tertiary/aromatic N) is 2. The van der Waals surface area contributed by atoms with Crippen LogP contribution in [0.1, 0.15) is 39.0 Å². The van der Waals surface area contributed by atoms with Crippen LogP contribution in [0.4, 0.5) is 0 Å². The lowest BCUT2D eigenvalue weighted by Crippen LogP contribution is -2.48. The molecule has 0 amide bonds. The molecule has 2 fully saturated rings. The summed E-state index contributed by atoms with van der Waals surface area (Å²) in [6, 6.07) is 2.57. The molecule has 2 aliphatic rings. The van der Waals surface area contributed by atoms with Gasteiger partial charge in [0.05, 0.1) is 6.07 Å². The van der Waals surface area contributed by atoms with Gasteiger partial charge in [-0.15, -0.1) is 0 Å². The lowest BCUT2D eigenvalue weighted by Gasteiger charge is -2.40. The van der Waals surface area contributed by atoms with Crippen molar-refractivity contribution in [3.05, 3.63) is 0 Å². The Morgan fingerprint density at radius 2 is 2.12 bits per heavy atom. The summed E-state index contributed by atoms with van der Waals surface area (Å²) in [6.45, 7) is 6.36. The Bertz CT molecular complexity index is 259. The van der Waals surface area contributed by atoms with Crippen molar-refractivity contribution in [3.8, 4) is 6.07 Å². The molecule has 2 rings (SSSR count). The second-order valence-corrected chi connectivity index (χ2v) is 5.48. The minimum Gasteiger partial charge on any atom is -0.315 e. The fourth-order valence-electron chi connectivity index (χ4n) is 2.84. The van der Waals surface area contributed by atoms with E-state index in [1.807, 2.05) is 0 Å². The molecule has 1 aliphatic heterocycles. The first-order chi connectivity index (χ1) is 7.74. The molecule has 90 valence electrons. The zero-order chi connectivity index (χ0) is 11.4. The number of nitriles is 1. The summed E-state index contributed by atoms with van der Waals surface area (Å²) >= 11 is 0. The standard InChI is InChI=1S/C13H23N3/c1-13(11-14,10-12-4-2-5-12)16-8-3-6-15-7-9-16/h12,15H,2-10H2,1H3. The van der Waals surface area contributed by atoms with E-state index in [1.165, 1.54) is 25.7 Å². The van der Waals surface area contributed by atoms with E-state index in [-0.39, 0.29) is 5.54 Å². The Kier molecular flexibility index (Phi) is 3.83. The number of hydrogen-bond acceptors (Lipinski definition) is 3. The van der Waals surface area contributed by atoms with E-state index in [9.17, 15) is 5.26 Å². The van der Waals surface area contributed by atoms with Gasteiger partial charge in [0.1, 0.15) is 5.54 Å². The molecule has 16 heavy (non-hydrogen) atoms. The summed E-state index contributed by atoms with van der Waals surface area (Å²) in [4.78, 5) is 2.39. The third kappa shape index (κ3) is 2.56. The minimum atomic E-state index is -0.225. The predicted molar refractivity (Wildman–Crippen MR) is 65.0 cm³/mol. The maximum absolute atomic E-state index is 9.49. The molecule has 1 aliphatic carbocycles. The van der Waals surface area contributed by atoms with E-state index >= 15 is 0 Å². The van der Waals surface area contributed by atoms with Gasteiger partial charge >= 0.3 is 0 Å². The van der Waals surface area contributed by atoms with Crippen LogP contribution >= 0.6 is 0 Å². The maximum atomic E-state index is 9.49. The molecule has 0 bridgehead atoms. The molecule has 0 aromatic carbocycles. The van der Waals surface area contributed by atoms with Crippen molar-refractivity contribution in [3.63, 3.8) is 0 Å². The topological polar surface area (TPSA) is 39.1 Å². The Balaban J connectivity index is 1.97. The first kappa shape index (κ1) is 11.9. The molecule has 0 spiro atoms. The second kappa shape index (κ2) is 5.16. The van der Waals surface area contributed by atoms with E-state index in [0.717, 1.165) is 38.5 Å². The fraction of sp³-hybridized carbons (Fsp3) is 0.923. The average molecular weight is 221 g/mol. The lowest BCUT2D eigenvalue weighted by atomic mass is 9.76. The van der Waals surface area contributed by atoms with E-state index < -0.39 is 0 Å². The van der Waals surface area contributed by atoms with Crippen LogP contribution in [-0.4, -0.2) is 36.6 Å². The number of hydrogen-bond donors (Lipinski definition) is 1. The fourth-order valence-corrected chi connectivity index (χ4v) is 2.84. The molecule has 1 atom stereocenters. The average Bonchev–Trinajstić information content (AvgIpc) is 2.52. The van der Waals surface area contributed by atoms with Crippen LogP contribution in [0.15, 0.2) is 0 Å². The van der Waals surface area contributed by atoms with E-state index in [0.29, 0.717) is 0 Å². The Morgan fingerprint density at radius 1 is 1.31 bits per heavy atom. The van der Waals surface area contributed by atoms with Crippen molar-refractivity contribution in [2.45, 2.75) is 44.6 Å². The monoisotopic (exact) mass is 221 g/mol. The van der Waals surface area contributed by atoms with Crippen molar-refractivity contribution in [1.29, 1.82) is 5.26 Å². The van der Waals surface area contributed by atoms with Gasteiger partial charge in [-0.3, -0.25) is 4.90 Å². The third-order valence-corrected chi connectivity index (χ3v) is 4.19. The normalized spacial score (nSPS) is 27.5. The van der Waals surface area contributed by atoms with Gasteiger partial charge in [0.25, 0.3) is 0 Å². The molecule has 0 aromatic rings. The van der Waals surface area contributed by atoms with Crippen LogP contribution in [0.2, 0.25) is 0 Å². The Morgan fingerprint density at radius 3 is 2.75 bits per heavy atom. The molecule has 1 saturated carbocycles. The molecule has 0 radical (unpaired) electrons. The molecule has 3 heteroatoms. The van der Waals surface area contributed by atoms with Crippen LogP contribution in [0, 0.1) is 17.2 Å².